The Kier molecular flexibility index (Phi) is 10.9. The van der Waals surface area contributed by atoms with E-state index in [0.717, 1.165) is 10.9 Å². The number of aromatic nitrogens is 1. The predicted octanol–water partition coefficient (Wildman–Crippen LogP) is -1.85. The maximum Gasteiger partial charge on any atom is 0.328 e. The highest BCUT2D eigenvalue weighted by atomic mass is 32.1. The minimum absolute atomic E-state index is 0.0242. The molecule has 1 heterocycles. The zero-order valence-corrected chi connectivity index (χ0v) is 21.0. The molecule has 10 N–H and O–H groups in total. The first-order valence-electron chi connectivity index (χ1n) is 11.5. The lowest BCUT2D eigenvalue weighted by molar-refractivity contribution is -0.145. The minimum atomic E-state index is -1.61. The number of fused-ring (bicyclic) bond motifs is 1. The number of para-hydroxylation sites is 1. The van der Waals surface area contributed by atoms with Crippen LogP contribution in [0.15, 0.2) is 30.5 Å². The Morgan fingerprint density at radius 1 is 1.03 bits per heavy atom. The number of carboxylic acid groups (broad SMARTS) is 1. The summed E-state index contributed by atoms with van der Waals surface area (Å²) in [4.78, 5) is 63.9. The second-order valence-electron chi connectivity index (χ2n) is 8.55. The second-order valence-corrected chi connectivity index (χ2v) is 8.91. The number of hydrogen-bond donors (Lipinski definition) is 9. The average molecular weight is 537 g/mol. The molecular weight excluding hydrogens is 504 g/mol. The molecule has 1 aromatic carbocycles. The first kappa shape index (κ1) is 29.6. The Morgan fingerprint density at radius 3 is 2.24 bits per heavy atom. The summed E-state index contributed by atoms with van der Waals surface area (Å²) in [5, 5.41) is 27.1. The molecule has 13 nitrogen and oxygen atoms in total. The van der Waals surface area contributed by atoms with Gasteiger partial charge in [0.15, 0.2) is 6.04 Å². The largest absolute Gasteiger partial charge is 0.480 e. The van der Waals surface area contributed by atoms with Gasteiger partial charge in [-0.25, -0.2) is 4.79 Å². The van der Waals surface area contributed by atoms with E-state index in [4.69, 9.17) is 11.5 Å². The van der Waals surface area contributed by atoms with Crippen molar-refractivity contribution in [1.82, 2.24) is 20.9 Å². The minimum Gasteiger partial charge on any atom is -0.480 e. The number of carbonyl (C=O) groups excluding carboxylic acids is 4. The van der Waals surface area contributed by atoms with Crippen molar-refractivity contribution < 1.29 is 34.2 Å². The van der Waals surface area contributed by atoms with Gasteiger partial charge in [0.05, 0.1) is 12.1 Å². The van der Waals surface area contributed by atoms with Crippen molar-refractivity contribution in [3.8, 4) is 0 Å². The van der Waals surface area contributed by atoms with Crippen LogP contribution in [0, 0.1) is 0 Å². The van der Waals surface area contributed by atoms with Crippen LogP contribution in [0.3, 0.4) is 0 Å². The molecule has 0 saturated heterocycles. The van der Waals surface area contributed by atoms with Crippen LogP contribution in [0.1, 0.15) is 25.3 Å². The standard InChI is InChI=1S/C23H32N6O7S/c1-11(30)19(23(35)36)29-21(33)16(8-12-9-26-15-5-3-2-4-13(12)15)27-22(34)17(10-37)28-20(32)14(24)6-7-18(25)31/h2-5,9,11,14,16-17,19,26,30,37H,6-8,10,24H2,1H3,(H2,25,31)(H,27,34)(H,28,32)(H,29,33)(H,35,36). The topological polar surface area (TPSA) is 230 Å². The molecule has 202 valence electrons. The van der Waals surface area contributed by atoms with E-state index in [1.807, 2.05) is 18.2 Å². The molecular formula is C23H32N6O7S. The fraction of sp³-hybridized carbons (Fsp3) is 0.435. The number of rotatable bonds is 14. The number of aromatic amines is 1. The summed E-state index contributed by atoms with van der Waals surface area (Å²) in [5.74, 6) is -4.56. The summed E-state index contributed by atoms with van der Waals surface area (Å²) in [6, 6.07) is 2.09. The van der Waals surface area contributed by atoms with Crippen molar-refractivity contribution in [2.45, 2.75) is 56.5 Å². The summed E-state index contributed by atoms with van der Waals surface area (Å²) >= 11 is 4.10. The monoisotopic (exact) mass is 536 g/mol. The van der Waals surface area contributed by atoms with E-state index >= 15 is 0 Å². The summed E-state index contributed by atoms with van der Waals surface area (Å²) < 4.78 is 0. The number of aliphatic hydroxyl groups excluding tert-OH is 1. The summed E-state index contributed by atoms with van der Waals surface area (Å²) in [5.41, 5.74) is 12.3. The zero-order chi connectivity index (χ0) is 27.7. The van der Waals surface area contributed by atoms with Crippen LogP contribution in [0.2, 0.25) is 0 Å². The number of aliphatic carboxylic acids is 1. The van der Waals surface area contributed by atoms with Crippen LogP contribution in [0.5, 0.6) is 0 Å². The van der Waals surface area contributed by atoms with Crippen LogP contribution in [-0.2, 0) is 30.4 Å². The predicted molar refractivity (Wildman–Crippen MR) is 137 cm³/mol. The van der Waals surface area contributed by atoms with Gasteiger partial charge in [-0.2, -0.15) is 12.6 Å². The number of hydrogen-bond acceptors (Lipinski definition) is 8. The van der Waals surface area contributed by atoms with Gasteiger partial charge in [0.1, 0.15) is 12.1 Å². The third kappa shape index (κ3) is 8.48. The number of thiol groups is 1. The normalized spacial score (nSPS) is 15.1. The number of amides is 4. The number of nitrogens with one attached hydrogen (secondary N) is 4. The van der Waals surface area contributed by atoms with E-state index in [9.17, 15) is 34.2 Å². The maximum atomic E-state index is 13.1. The van der Waals surface area contributed by atoms with Crippen molar-refractivity contribution in [3.05, 3.63) is 36.0 Å². The van der Waals surface area contributed by atoms with Crippen molar-refractivity contribution in [2.24, 2.45) is 11.5 Å². The Hall–Kier alpha value is -3.62. The van der Waals surface area contributed by atoms with Crippen LogP contribution in [0.25, 0.3) is 10.9 Å². The van der Waals surface area contributed by atoms with Crippen LogP contribution in [-0.4, -0.2) is 80.8 Å². The Morgan fingerprint density at radius 2 is 1.65 bits per heavy atom. The molecule has 0 saturated carbocycles. The zero-order valence-electron chi connectivity index (χ0n) is 20.1. The molecule has 0 aliphatic carbocycles. The lowest BCUT2D eigenvalue weighted by Gasteiger charge is -2.25. The molecule has 2 rings (SSSR count). The molecule has 5 unspecified atom stereocenters. The third-order valence-electron chi connectivity index (χ3n) is 5.63. The number of carboxylic acids is 1. The number of primary amides is 1. The van der Waals surface area contributed by atoms with Gasteiger partial charge in [-0.3, -0.25) is 19.2 Å². The van der Waals surface area contributed by atoms with Gasteiger partial charge < -0.3 is 42.6 Å². The average Bonchev–Trinajstić information content (AvgIpc) is 3.25. The molecule has 0 aliphatic heterocycles. The van der Waals surface area contributed by atoms with E-state index in [2.05, 4.69) is 33.6 Å². The highest BCUT2D eigenvalue weighted by molar-refractivity contribution is 7.80. The lowest BCUT2D eigenvalue weighted by Crippen LogP contribution is -2.59. The number of benzene rings is 1. The van der Waals surface area contributed by atoms with E-state index in [-0.39, 0.29) is 25.0 Å². The Labute approximate surface area is 218 Å². The van der Waals surface area contributed by atoms with E-state index in [0.29, 0.717) is 5.56 Å². The fourth-order valence-electron chi connectivity index (χ4n) is 3.55. The summed E-state index contributed by atoms with van der Waals surface area (Å²) in [6.45, 7) is 1.21. The fourth-order valence-corrected chi connectivity index (χ4v) is 3.80. The van der Waals surface area contributed by atoms with Crippen molar-refractivity contribution in [2.75, 3.05) is 5.75 Å². The number of carbonyl (C=O) groups is 5. The van der Waals surface area contributed by atoms with Crippen LogP contribution in [0.4, 0.5) is 0 Å². The first-order chi connectivity index (χ1) is 17.4. The molecule has 5 atom stereocenters. The second kappa shape index (κ2) is 13.6. The highest BCUT2D eigenvalue weighted by Gasteiger charge is 2.32. The summed E-state index contributed by atoms with van der Waals surface area (Å²) in [6.07, 6.45) is 0.0867. The van der Waals surface area contributed by atoms with Gasteiger partial charge in [-0.15, -0.1) is 0 Å². The molecule has 4 amide bonds. The SMILES string of the molecule is CC(O)C(NC(=O)C(Cc1c[nH]c2ccccc12)NC(=O)C(CS)NC(=O)C(N)CCC(N)=O)C(=O)O. The Balaban J connectivity index is 2.23. The molecule has 0 fully saturated rings. The molecule has 0 spiro atoms. The molecule has 1 aromatic heterocycles. The molecule has 37 heavy (non-hydrogen) atoms. The van der Waals surface area contributed by atoms with Crippen LogP contribution >= 0.6 is 12.6 Å². The van der Waals surface area contributed by atoms with Crippen molar-refractivity contribution in [1.29, 1.82) is 0 Å². The van der Waals surface area contributed by atoms with Gasteiger partial charge in [0.2, 0.25) is 23.6 Å². The molecule has 0 aliphatic rings. The van der Waals surface area contributed by atoms with Gasteiger partial charge in [0, 0.05) is 35.7 Å². The Bertz CT molecular complexity index is 1140. The molecule has 0 radical (unpaired) electrons. The summed E-state index contributed by atoms with van der Waals surface area (Å²) in [7, 11) is 0. The van der Waals surface area contributed by atoms with E-state index in [1.165, 1.54) is 6.92 Å². The van der Waals surface area contributed by atoms with Crippen LogP contribution < -0.4 is 27.4 Å². The number of nitrogens with two attached hydrogens (primary N) is 2. The first-order valence-corrected chi connectivity index (χ1v) is 12.1. The maximum absolute atomic E-state index is 13.1. The van der Waals surface area contributed by atoms with Gasteiger partial charge >= 0.3 is 5.97 Å². The third-order valence-corrected chi connectivity index (χ3v) is 6.00. The molecule has 0 bridgehead atoms. The van der Waals surface area contributed by atoms with Gasteiger partial charge in [0.25, 0.3) is 0 Å². The smallest absolute Gasteiger partial charge is 0.328 e. The van der Waals surface area contributed by atoms with Gasteiger partial charge in [-0.1, -0.05) is 18.2 Å². The van der Waals surface area contributed by atoms with Crippen molar-refractivity contribution in [3.63, 3.8) is 0 Å². The highest BCUT2D eigenvalue weighted by Crippen LogP contribution is 2.19. The van der Waals surface area contributed by atoms with Gasteiger partial charge in [-0.05, 0) is 25.0 Å². The number of H-pyrrole nitrogens is 1. The lowest BCUT2D eigenvalue weighted by atomic mass is 10.0. The van der Waals surface area contributed by atoms with Crippen molar-refractivity contribution >= 4 is 53.1 Å². The number of aliphatic hydroxyl groups is 1. The van der Waals surface area contributed by atoms with E-state index < -0.39 is 59.9 Å². The molecule has 2 aromatic rings. The molecule has 14 heteroatoms. The van der Waals surface area contributed by atoms with E-state index in [1.54, 1.807) is 12.3 Å². The quantitative estimate of drug-likeness (QED) is 0.124.